The van der Waals surface area contributed by atoms with E-state index in [1.165, 1.54) is 0 Å². The van der Waals surface area contributed by atoms with Crippen LogP contribution in [0.5, 0.6) is 5.75 Å². The summed E-state index contributed by atoms with van der Waals surface area (Å²) in [5.74, 6) is 4.23. The number of ether oxygens (including phenoxy) is 1. The molecule has 0 spiro atoms. The summed E-state index contributed by atoms with van der Waals surface area (Å²) in [5.41, 5.74) is 7.54. The van der Waals surface area contributed by atoms with Crippen molar-refractivity contribution in [1.29, 1.82) is 0 Å². The standard InChI is InChI=1S/C14H17N3O/c1-4-7-17-13-6-5-11(18-10(2)3)8-12(13)16-14(17)9-15/h1,5-6,8,10H,7,9,15H2,2-3H3. The molecule has 0 radical (unpaired) electrons. The molecular formula is C14H17N3O. The van der Waals surface area contributed by atoms with Crippen LogP contribution in [0.2, 0.25) is 0 Å². The van der Waals surface area contributed by atoms with Gasteiger partial charge in [-0.25, -0.2) is 4.98 Å². The van der Waals surface area contributed by atoms with Gasteiger partial charge in [0.2, 0.25) is 0 Å². The number of fused-ring (bicyclic) bond motifs is 1. The molecule has 2 N–H and O–H groups in total. The fourth-order valence-electron chi connectivity index (χ4n) is 1.93. The van der Waals surface area contributed by atoms with Crippen LogP contribution in [0.4, 0.5) is 0 Å². The van der Waals surface area contributed by atoms with Gasteiger partial charge in [0.05, 0.1) is 30.2 Å². The van der Waals surface area contributed by atoms with E-state index in [2.05, 4.69) is 10.9 Å². The molecule has 0 aliphatic rings. The van der Waals surface area contributed by atoms with Crippen molar-refractivity contribution in [3.63, 3.8) is 0 Å². The number of nitrogens with zero attached hydrogens (tertiary/aromatic N) is 2. The van der Waals surface area contributed by atoms with Crippen LogP contribution in [0.1, 0.15) is 19.7 Å². The van der Waals surface area contributed by atoms with Crippen molar-refractivity contribution in [2.45, 2.75) is 33.0 Å². The first-order chi connectivity index (χ1) is 8.65. The minimum atomic E-state index is 0.143. The molecule has 1 heterocycles. The van der Waals surface area contributed by atoms with Gasteiger partial charge in [-0.3, -0.25) is 0 Å². The van der Waals surface area contributed by atoms with Crippen LogP contribution >= 0.6 is 0 Å². The number of benzene rings is 1. The third-order valence-electron chi connectivity index (χ3n) is 2.60. The Morgan fingerprint density at radius 3 is 2.89 bits per heavy atom. The van der Waals surface area contributed by atoms with E-state index in [0.717, 1.165) is 22.6 Å². The molecule has 0 saturated carbocycles. The summed E-state index contributed by atoms with van der Waals surface area (Å²) in [7, 11) is 0. The normalized spacial score (nSPS) is 10.8. The summed E-state index contributed by atoms with van der Waals surface area (Å²) in [4.78, 5) is 4.48. The molecule has 0 saturated heterocycles. The fourth-order valence-corrected chi connectivity index (χ4v) is 1.93. The molecule has 94 valence electrons. The zero-order chi connectivity index (χ0) is 13.1. The first-order valence-electron chi connectivity index (χ1n) is 5.95. The first kappa shape index (κ1) is 12.5. The maximum absolute atomic E-state index is 5.68. The number of rotatable bonds is 4. The lowest BCUT2D eigenvalue weighted by atomic mass is 10.3. The maximum atomic E-state index is 5.68. The van der Waals surface area contributed by atoms with E-state index >= 15 is 0 Å². The predicted molar refractivity (Wildman–Crippen MR) is 72.2 cm³/mol. The van der Waals surface area contributed by atoms with E-state index in [9.17, 15) is 0 Å². The molecule has 0 bridgehead atoms. The second-order valence-corrected chi connectivity index (χ2v) is 4.34. The molecule has 2 rings (SSSR count). The first-order valence-corrected chi connectivity index (χ1v) is 5.95. The number of imidazole rings is 1. The minimum absolute atomic E-state index is 0.143. The quantitative estimate of drug-likeness (QED) is 0.835. The van der Waals surface area contributed by atoms with Gasteiger partial charge in [0, 0.05) is 6.07 Å². The van der Waals surface area contributed by atoms with Crippen molar-refractivity contribution in [3.05, 3.63) is 24.0 Å². The number of terminal acetylenes is 1. The van der Waals surface area contributed by atoms with Crippen LogP contribution in [0.15, 0.2) is 18.2 Å². The lowest BCUT2D eigenvalue weighted by molar-refractivity contribution is 0.242. The van der Waals surface area contributed by atoms with Crippen LogP contribution in [0.25, 0.3) is 11.0 Å². The van der Waals surface area contributed by atoms with Crippen LogP contribution in [-0.2, 0) is 13.1 Å². The van der Waals surface area contributed by atoms with E-state index in [-0.39, 0.29) is 6.10 Å². The summed E-state index contributed by atoms with van der Waals surface area (Å²) in [6.45, 7) is 4.84. The van der Waals surface area contributed by atoms with Gasteiger partial charge in [-0.05, 0) is 26.0 Å². The maximum Gasteiger partial charge on any atom is 0.124 e. The summed E-state index contributed by atoms with van der Waals surface area (Å²) in [6, 6.07) is 5.81. The highest BCUT2D eigenvalue weighted by molar-refractivity contribution is 5.78. The molecular weight excluding hydrogens is 226 g/mol. The van der Waals surface area contributed by atoms with Crippen molar-refractivity contribution < 1.29 is 4.74 Å². The molecule has 0 amide bonds. The Morgan fingerprint density at radius 1 is 1.50 bits per heavy atom. The van der Waals surface area contributed by atoms with Gasteiger partial charge >= 0.3 is 0 Å². The average molecular weight is 243 g/mol. The van der Waals surface area contributed by atoms with E-state index in [4.69, 9.17) is 16.9 Å². The second kappa shape index (κ2) is 5.11. The highest BCUT2D eigenvalue weighted by atomic mass is 16.5. The Morgan fingerprint density at radius 2 is 2.28 bits per heavy atom. The van der Waals surface area contributed by atoms with Crippen molar-refractivity contribution in [2.24, 2.45) is 5.73 Å². The van der Waals surface area contributed by atoms with Crippen LogP contribution < -0.4 is 10.5 Å². The van der Waals surface area contributed by atoms with E-state index in [1.54, 1.807) is 0 Å². The molecule has 2 aromatic rings. The molecule has 1 aromatic carbocycles. The third-order valence-corrected chi connectivity index (χ3v) is 2.60. The molecule has 0 unspecified atom stereocenters. The van der Waals surface area contributed by atoms with Crippen molar-refractivity contribution in [3.8, 4) is 18.1 Å². The van der Waals surface area contributed by atoms with Gasteiger partial charge in [-0.2, -0.15) is 0 Å². The summed E-state index contributed by atoms with van der Waals surface area (Å²) in [5, 5.41) is 0. The van der Waals surface area contributed by atoms with Crippen molar-refractivity contribution >= 4 is 11.0 Å². The van der Waals surface area contributed by atoms with Gasteiger partial charge in [0.1, 0.15) is 11.6 Å². The van der Waals surface area contributed by atoms with Gasteiger partial charge in [-0.15, -0.1) is 6.42 Å². The Bertz CT molecular complexity index is 593. The van der Waals surface area contributed by atoms with Crippen LogP contribution in [-0.4, -0.2) is 15.7 Å². The van der Waals surface area contributed by atoms with Gasteiger partial charge < -0.3 is 15.0 Å². The molecule has 0 atom stereocenters. The lowest BCUT2D eigenvalue weighted by Gasteiger charge is -2.09. The number of hydrogen-bond donors (Lipinski definition) is 1. The van der Waals surface area contributed by atoms with Crippen molar-refractivity contribution in [2.75, 3.05) is 0 Å². The molecule has 0 fully saturated rings. The highest BCUT2D eigenvalue weighted by Gasteiger charge is 2.10. The Kier molecular flexibility index (Phi) is 3.54. The minimum Gasteiger partial charge on any atom is -0.491 e. The molecule has 0 aliphatic carbocycles. The Hall–Kier alpha value is -1.99. The van der Waals surface area contributed by atoms with E-state index < -0.39 is 0 Å². The van der Waals surface area contributed by atoms with E-state index in [1.807, 2.05) is 36.6 Å². The molecule has 0 aliphatic heterocycles. The Balaban J connectivity index is 2.49. The predicted octanol–water partition coefficient (Wildman–Crippen LogP) is 1.92. The molecule has 4 nitrogen and oxygen atoms in total. The zero-order valence-corrected chi connectivity index (χ0v) is 10.7. The number of aromatic nitrogens is 2. The monoisotopic (exact) mass is 243 g/mol. The summed E-state index contributed by atoms with van der Waals surface area (Å²) < 4.78 is 7.60. The van der Waals surface area contributed by atoms with Crippen LogP contribution in [0.3, 0.4) is 0 Å². The SMILES string of the molecule is C#CCn1c(CN)nc2cc(OC(C)C)ccc21. The molecule has 4 heteroatoms. The van der Waals surface area contributed by atoms with Crippen molar-refractivity contribution in [1.82, 2.24) is 9.55 Å². The highest BCUT2D eigenvalue weighted by Crippen LogP contribution is 2.22. The summed E-state index contributed by atoms with van der Waals surface area (Å²) in [6.07, 6.45) is 5.51. The fraction of sp³-hybridized carbons (Fsp3) is 0.357. The van der Waals surface area contributed by atoms with Crippen LogP contribution in [0, 0.1) is 12.3 Å². The summed E-state index contributed by atoms with van der Waals surface area (Å²) >= 11 is 0. The topological polar surface area (TPSA) is 53.1 Å². The van der Waals surface area contributed by atoms with Gasteiger partial charge in [-0.1, -0.05) is 5.92 Å². The smallest absolute Gasteiger partial charge is 0.124 e. The number of hydrogen-bond acceptors (Lipinski definition) is 3. The largest absolute Gasteiger partial charge is 0.491 e. The van der Waals surface area contributed by atoms with Gasteiger partial charge in [0.25, 0.3) is 0 Å². The third kappa shape index (κ3) is 2.31. The molecule has 1 aromatic heterocycles. The average Bonchev–Trinajstić information content (AvgIpc) is 2.66. The number of nitrogens with two attached hydrogens (primary N) is 1. The zero-order valence-electron chi connectivity index (χ0n) is 10.7. The molecule has 18 heavy (non-hydrogen) atoms. The Labute approximate surface area is 107 Å². The lowest BCUT2D eigenvalue weighted by Crippen LogP contribution is -2.07. The van der Waals surface area contributed by atoms with E-state index in [0.29, 0.717) is 13.1 Å². The van der Waals surface area contributed by atoms with Gasteiger partial charge in [0.15, 0.2) is 0 Å². The second-order valence-electron chi connectivity index (χ2n) is 4.34.